The number of hydrogen-bond donors (Lipinski definition) is 0. The van der Waals surface area contributed by atoms with Crippen molar-refractivity contribution in [2.45, 2.75) is 38.7 Å². The van der Waals surface area contributed by atoms with Crippen molar-refractivity contribution < 1.29 is 4.74 Å². The van der Waals surface area contributed by atoms with Gasteiger partial charge in [0.2, 0.25) is 0 Å². The second-order valence-electron chi connectivity index (χ2n) is 5.49. The molecule has 0 N–H and O–H groups in total. The van der Waals surface area contributed by atoms with Crippen LogP contribution in [-0.4, -0.2) is 11.9 Å². The monoisotopic (exact) mass is 322 g/mol. The van der Waals surface area contributed by atoms with Crippen molar-refractivity contribution in [2.24, 2.45) is 5.41 Å². The lowest BCUT2D eigenvalue weighted by Gasteiger charge is -2.33. The Hall–Kier alpha value is -0.600. The van der Waals surface area contributed by atoms with E-state index >= 15 is 0 Å². The van der Waals surface area contributed by atoms with Crippen molar-refractivity contribution in [3.8, 4) is 0 Å². The van der Waals surface area contributed by atoms with Crippen LogP contribution in [0, 0.1) is 5.41 Å². The van der Waals surface area contributed by atoms with Gasteiger partial charge in [-0.05, 0) is 43.1 Å². The van der Waals surface area contributed by atoms with E-state index < -0.39 is 0 Å². The van der Waals surface area contributed by atoms with Crippen molar-refractivity contribution in [1.82, 2.24) is 0 Å². The Bertz CT molecular complexity index is 388. The Balaban J connectivity index is 1.65. The van der Waals surface area contributed by atoms with Crippen LogP contribution in [0.15, 0.2) is 42.5 Å². The highest BCUT2D eigenvalue weighted by molar-refractivity contribution is 9.09. The molecule has 1 aromatic rings. The molecule has 0 fully saturated rings. The molecule has 1 nitrogen and oxygen atoms in total. The van der Waals surface area contributed by atoms with Gasteiger partial charge in [0, 0.05) is 11.9 Å². The first kappa shape index (κ1) is 14.8. The fourth-order valence-corrected chi connectivity index (χ4v) is 3.46. The largest absolute Gasteiger partial charge is 0.377 e. The van der Waals surface area contributed by atoms with Gasteiger partial charge in [-0.1, -0.05) is 58.4 Å². The summed E-state index contributed by atoms with van der Waals surface area (Å²) in [7, 11) is 0. The third-order valence-electron chi connectivity index (χ3n) is 3.95. The number of hydrogen-bond acceptors (Lipinski definition) is 1. The summed E-state index contributed by atoms with van der Waals surface area (Å²) in [5, 5.41) is 1.11. The van der Waals surface area contributed by atoms with E-state index in [9.17, 15) is 0 Å². The first-order valence-corrected chi connectivity index (χ1v) is 8.29. The number of ether oxygens (including phenoxy) is 1. The molecule has 1 unspecified atom stereocenters. The van der Waals surface area contributed by atoms with E-state index in [1.54, 1.807) is 0 Å². The minimum absolute atomic E-state index is 0.477. The number of halogens is 1. The molecule has 0 amide bonds. The molecule has 1 aliphatic carbocycles. The molecule has 1 atom stereocenters. The maximum Gasteiger partial charge on any atom is 0.0716 e. The van der Waals surface area contributed by atoms with E-state index in [0.29, 0.717) is 5.41 Å². The summed E-state index contributed by atoms with van der Waals surface area (Å²) in [6.07, 6.45) is 10.8. The molecule has 0 saturated carbocycles. The predicted molar refractivity (Wildman–Crippen MR) is 84.6 cm³/mol. The Labute approximate surface area is 125 Å². The van der Waals surface area contributed by atoms with Crippen molar-refractivity contribution in [2.75, 3.05) is 11.9 Å². The minimum Gasteiger partial charge on any atom is -0.377 e. The average Bonchev–Trinajstić information content (AvgIpc) is 2.49. The molecular weight excluding hydrogens is 300 g/mol. The molecule has 2 rings (SSSR count). The molecular formula is C17H23BrO. The predicted octanol–water partition coefficient (Wildman–Crippen LogP) is 5.10. The van der Waals surface area contributed by atoms with Crippen LogP contribution in [0.5, 0.6) is 0 Å². The lowest BCUT2D eigenvalue weighted by Crippen LogP contribution is -2.24. The standard InChI is InChI=1S/C17H23BrO/c18-15-17(10-5-2-6-11-17)12-7-13-19-14-16-8-3-1-4-9-16/h1-5,8-9H,6-7,10-15H2. The number of alkyl halides is 1. The molecule has 0 spiro atoms. The van der Waals surface area contributed by atoms with Gasteiger partial charge in [-0.15, -0.1) is 0 Å². The molecule has 0 radical (unpaired) electrons. The van der Waals surface area contributed by atoms with Crippen LogP contribution < -0.4 is 0 Å². The molecule has 1 aromatic carbocycles. The van der Waals surface area contributed by atoms with Gasteiger partial charge in [0.1, 0.15) is 0 Å². The van der Waals surface area contributed by atoms with Crippen LogP contribution in [0.4, 0.5) is 0 Å². The van der Waals surface area contributed by atoms with Crippen LogP contribution in [-0.2, 0) is 11.3 Å². The molecule has 0 saturated heterocycles. The normalized spacial score (nSPS) is 22.6. The van der Waals surface area contributed by atoms with E-state index in [4.69, 9.17) is 4.74 Å². The first-order chi connectivity index (χ1) is 9.35. The molecule has 0 heterocycles. The fraction of sp³-hybridized carbons (Fsp3) is 0.529. The third-order valence-corrected chi connectivity index (χ3v) is 5.14. The maximum atomic E-state index is 5.77. The fourth-order valence-electron chi connectivity index (χ4n) is 2.67. The molecule has 2 heteroatoms. The van der Waals surface area contributed by atoms with E-state index in [2.05, 4.69) is 52.3 Å². The summed E-state index contributed by atoms with van der Waals surface area (Å²) in [6, 6.07) is 10.4. The zero-order valence-electron chi connectivity index (χ0n) is 11.5. The Morgan fingerprint density at radius 1 is 1.16 bits per heavy atom. The number of rotatable bonds is 7. The van der Waals surface area contributed by atoms with Gasteiger partial charge in [-0.3, -0.25) is 0 Å². The van der Waals surface area contributed by atoms with Crippen molar-refractivity contribution in [3.05, 3.63) is 48.0 Å². The number of allylic oxidation sites excluding steroid dienone is 2. The highest BCUT2D eigenvalue weighted by atomic mass is 79.9. The quantitative estimate of drug-likeness (QED) is 0.385. The summed E-state index contributed by atoms with van der Waals surface area (Å²) in [5.41, 5.74) is 1.74. The Morgan fingerprint density at radius 2 is 2.00 bits per heavy atom. The van der Waals surface area contributed by atoms with E-state index in [0.717, 1.165) is 25.0 Å². The Kier molecular flexibility index (Phi) is 6.12. The van der Waals surface area contributed by atoms with Crippen molar-refractivity contribution >= 4 is 15.9 Å². The average molecular weight is 323 g/mol. The summed E-state index contributed by atoms with van der Waals surface area (Å²) >= 11 is 3.70. The van der Waals surface area contributed by atoms with Gasteiger partial charge >= 0.3 is 0 Å². The summed E-state index contributed by atoms with van der Waals surface area (Å²) < 4.78 is 5.77. The van der Waals surface area contributed by atoms with E-state index in [1.807, 2.05) is 6.07 Å². The SMILES string of the molecule is BrCC1(CCCOCc2ccccc2)CC=CCC1. The van der Waals surface area contributed by atoms with Gasteiger partial charge in [0.15, 0.2) is 0 Å². The zero-order valence-corrected chi connectivity index (χ0v) is 13.1. The van der Waals surface area contributed by atoms with Gasteiger partial charge in [0.05, 0.1) is 6.61 Å². The molecule has 0 aliphatic heterocycles. The van der Waals surface area contributed by atoms with Crippen LogP contribution in [0.2, 0.25) is 0 Å². The highest BCUT2D eigenvalue weighted by Gasteiger charge is 2.28. The zero-order chi connectivity index (χ0) is 13.4. The van der Waals surface area contributed by atoms with Gasteiger partial charge < -0.3 is 4.74 Å². The minimum atomic E-state index is 0.477. The van der Waals surface area contributed by atoms with E-state index in [-0.39, 0.29) is 0 Å². The third kappa shape index (κ3) is 4.77. The molecule has 0 bridgehead atoms. The Morgan fingerprint density at radius 3 is 2.68 bits per heavy atom. The van der Waals surface area contributed by atoms with Crippen molar-refractivity contribution in [1.29, 1.82) is 0 Å². The topological polar surface area (TPSA) is 9.23 Å². The number of benzene rings is 1. The molecule has 19 heavy (non-hydrogen) atoms. The van der Waals surface area contributed by atoms with Crippen molar-refractivity contribution in [3.63, 3.8) is 0 Å². The van der Waals surface area contributed by atoms with Gasteiger partial charge in [-0.25, -0.2) is 0 Å². The molecule has 104 valence electrons. The van der Waals surface area contributed by atoms with Crippen LogP contribution >= 0.6 is 15.9 Å². The second-order valence-corrected chi connectivity index (χ2v) is 6.05. The molecule has 1 aliphatic rings. The molecule has 0 aromatic heterocycles. The maximum absolute atomic E-state index is 5.77. The van der Waals surface area contributed by atoms with Crippen LogP contribution in [0.1, 0.15) is 37.7 Å². The summed E-state index contributed by atoms with van der Waals surface area (Å²) in [5.74, 6) is 0. The van der Waals surface area contributed by atoms with Crippen LogP contribution in [0.25, 0.3) is 0 Å². The lowest BCUT2D eigenvalue weighted by atomic mass is 9.75. The van der Waals surface area contributed by atoms with Crippen LogP contribution in [0.3, 0.4) is 0 Å². The first-order valence-electron chi connectivity index (χ1n) is 7.17. The van der Waals surface area contributed by atoms with Gasteiger partial charge in [0.25, 0.3) is 0 Å². The van der Waals surface area contributed by atoms with E-state index in [1.165, 1.54) is 31.2 Å². The highest BCUT2D eigenvalue weighted by Crippen LogP contribution is 2.38. The lowest BCUT2D eigenvalue weighted by molar-refractivity contribution is 0.106. The summed E-state index contributed by atoms with van der Waals surface area (Å²) in [4.78, 5) is 0. The summed E-state index contributed by atoms with van der Waals surface area (Å²) in [6.45, 7) is 1.61. The second kappa shape index (κ2) is 7.86. The van der Waals surface area contributed by atoms with Gasteiger partial charge in [-0.2, -0.15) is 0 Å². The smallest absolute Gasteiger partial charge is 0.0716 e.